The molecular formula is C12H19N3O2S. The average molecular weight is 269 g/mol. The zero-order chi connectivity index (χ0) is 13.3. The summed E-state index contributed by atoms with van der Waals surface area (Å²) in [5.41, 5.74) is 7.22. The topological polar surface area (TPSA) is 66.6 Å². The summed E-state index contributed by atoms with van der Waals surface area (Å²) in [5, 5.41) is 0. The Hall–Kier alpha value is -1.27. The van der Waals surface area contributed by atoms with E-state index in [1.54, 1.807) is 12.1 Å². The first-order chi connectivity index (χ1) is 8.44. The summed E-state index contributed by atoms with van der Waals surface area (Å²) in [6.45, 7) is 1.88. The van der Waals surface area contributed by atoms with Crippen molar-refractivity contribution in [3.63, 3.8) is 0 Å². The lowest BCUT2D eigenvalue weighted by atomic mass is 10.2. The first kappa shape index (κ1) is 13.2. The first-order valence-electron chi connectivity index (χ1n) is 6.00. The van der Waals surface area contributed by atoms with Gasteiger partial charge in [-0.25, -0.2) is 12.7 Å². The fourth-order valence-corrected chi connectivity index (χ4v) is 3.21. The fourth-order valence-electron chi connectivity index (χ4n) is 2.19. The maximum atomic E-state index is 12.1. The molecule has 0 saturated carbocycles. The van der Waals surface area contributed by atoms with E-state index in [-0.39, 0.29) is 4.90 Å². The van der Waals surface area contributed by atoms with Gasteiger partial charge in [-0.15, -0.1) is 0 Å². The van der Waals surface area contributed by atoms with Gasteiger partial charge in [-0.1, -0.05) is 6.07 Å². The van der Waals surface area contributed by atoms with Crippen molar-refractivity contribution < 1.29 is 8.42 Å². The molecule has 1 fully saturated rings. The van der Waals surface area contributed by atoms with E-state index < -0.39 is 10.0 Å². The van der Waals surface area contributed by atoms with Gasteiger partial charge >= 0.3 is 0 Å². The van der Waals surface area contributed by atoms with Crippen LogP contribution in [0, 0.1) is 0 Å². The van der Waals surface area contributed by atoms with E-state index in [0.29, 0.717) is 5.69 Å². The van der Waals surface area contributed by atoms with E-state index in [1.807, 2.05) is 6.07 Å². The predicted molar refractivity (Wildman–Crippen MR) is 73.2 cm³/mol. The lowest BCUT2D eigenvalue weighted by Gasteiger charge is -2.22. The van der Waals surface area contributed by atoms with Gasteiger partial charge in [-0.2, -0.15) is 0 Å². The Kier molecular flexibility index (Phi) is 3.49. The Morgan fingerprint density at radius 2 is 1.83 bits per heavy atom. The average Bonchev–Trinajstić information content (AvgIpc) is 2.82. The Morgan fingerprint density at radius 1 is 1.22 bits per heavy atom. The van der Waals surface area contributed by atoms with Crippen molar-refractivity contribution >= 4 is 21.4 Å². The maximum absolute atomic E-state index is 12.1. The molecule has 1 aromatic carbocycles. The number of sulfonamides is 1. The summed E-state index contributed by atoms with van der Waals surface area (Å²) >= 11 is 0. The molecule has 1 saturated heterocycles. The van der Waals surface area contributed by atoms with Crippen LogP contribution in [0.5, 0.6) is 0 Å². The number of rotatable bonds is 3. The summed E-state index contributed by atoms with van der Waals surface area (Å²) in [7, 11) is -0.456. The highest BCUT2D eigenvalue weighted by molar-refractivity contribution is 7.89. The number of anilines is 2. The molecular weight excluding hydrogens is 250 g/mol. The molecule has 0 aliphatic carbocycles. The highest BCUT2D eigenvalue weighted by Gasteiger charge is 2.24. The molecule has 100 valence electrons. The van der Waals surface area contributed by atoms with Gasteiger partial charge in [0.1, 0.15) is 4.90 Å². The van der Waals surface area contributed by atoms with Crippen molar-refractivity contribution in [2.75, 3.05) is 37.8 Å². The zero-order valence-electron chi connectivity index (χ0n) is 10.8. The SMILES string of the molecule is CN(C)S(=O)(=O)c1cccc(N2CCCC2)c1N. The standard InChI is InChI=1S/C12H19N3O2S/c1-14(2)18(16,17)11-7-5-6-10(12(11)13)15-8-3-4-9-15/h5-7H,3-4,8-9,13H2,1-2H3. The van der Waals surface area contributed by atoms with Crippen molar-refractivity contribution in [2.45, 2.75) is 17.7 Å². The second-order valence-corrected chi connectivity index (χ2v) is 6.79. The minimum absolute atomic E-state index is 0.192. The summed E-state index contributed by atoms with van der Waals surface area (Å²) < 4.78 is 25.5. The van der Waals surface area contributed by atoms with E-state index in [1.165, 1.54) is 18.4 Å². The van der Waals surface area contributed by atoms with Crippen LogP contribution in [0.15, 0.2) is 23.1 Å². The monoisotopic (exact) mass is 269 g/mol. The zero-order valence-corrected chi connectivity index (χ0v) is 11.6. The van der Waals surface area contributed by atoms with Crippen LogP contribution >= 0.6 is 0 Å². The highest BCUT2D eigenvalue weighted by atomic mass is 32.2. The van der Waals surface area contributed by atoms with E-state index in [9.17, 15) is 8.42 Å². The third-order valence-electron chi connectivity index (χ3n) is 3.25. The lowest BCUT2D eigenvalue weighted by molar-refractivity contribution is 0.521. The molecule has 0 unspecified atom stereocenters. The molecule has 6 heteroatoms. The van der Waals surface area contributed by atoms with Gasteiger partial charge in [0.05, 0.1) is 11.4 Å². The van der Waals surface area contributed by atoms with Crippen molar-refractivity contribution in [1.82, 2.24) is 4.31 Å². The molecule has 0 atom stereocenters. The van der Waals surface area contributed by atoms with Gasteiger partial charge in [-0.05, 0) is 25.0 Å². The Balaban J connectivity index is 2.48. The van der Waals surface area contributed by atoms with E-state index in [0.717, 1.165) is 31.6 Å². The molecule has 0 amide bonds. The third kappa shape index (κ3) is 2.18. The third-order valence-corrected chi connectivity index (χ3v) is 5.12. The molecule has 1 aromatic rings. The van der Waals surface area contributed by atoms with Crippen LogP contribution in [0.1, 0.15) is 12.8 Å². The summed E-state index contributed by atoms with van der Waals surface area (Å²) in [6, 6.07) is 5.19. The van der Waals surface area contributed by atoms with Gasteiger partial charge in [-0.3, -0.25) is 0 Å². The first-order valence-corrected chi connectivity index (χ1v) is 7.44. The molecule has 0 spiro atoms. The van der Waals surface area contributed by atoms with Crippen molar-refractivity contribution in [1.29, 1.82) is 0 Å². The normalized spacial score (nSPS) is 16.5. The van der Waals surface area contributed by atoms with E-state index in [4.69, 9.17) is 5.73 Å². The molecule has 0 aromatic heterocycles. The van der Waals surface area contributed by atoms with Crippen molar-refractivity contribution in [2.24, 2.45) is 0 Å². The fraction of sp³-hybridized carbons (Fsp3) is 0.500. The van der Waals surface area contributed by atoms with Crippen LogP contribution in [-0.2, 0) is 10.0 Å². The number of nitrogen functional groups attached to an aromatic ring is 1. The largest absolute Gasteiger partial charge is 0.396 e. The van der Waals surface area contributed by atoms with Crippen LogP contribution in [0.3, 0.4) is 0 Å². The molecule has 1 heterocycles. The molecule has 1 aliphatic rings. The number of hydrogen-bond donors (Lipinski definition) is 1. The van der Waals surface area contributed by atoms with E-state index >= 15 is 0 Å². The molecule has 0 radical (unpaired) electrons. The highest BCUT2D eigenvalue weighted by Crippen LogP contribution is 2.32. The Bertz CT molecular complexity index is 534. The smallest absolute Gasteiger partial charge is 0.244 e. The summed E-state index contributed by atoms with van der Waals surface area (Å²) in [5.74, 6) is 0. The van der Waals surface area contributed by atoms with Crippen molar-refractivity contribution in [3.05, 3.63) is 18.2 Å². The molecule has 0 bridgehead atoms. The van der Waals surface area contributed by atoms with Crippen LogP contribution in [0.25, 0.3) is 0 Å². The van der Waals surface area contributed by atoms with Gasteiger partial charge < -0.3 is 10.6 Å². The van der Waals surface area contributed by atoms with Gasteiger partial charge in [0.15, 0.2) is 0 Å². The van der Waals surface area contributed by atoms with E-state index in [2.05, 4.69) is 4.90 Å². The van der Waals surface area contributed by atoms with Crippen LogP contribution in [0.2, 0.25) is 0 Å². The van der Waals surface area contributed by atoms with Crippen LogP contribution < -0.4 is 10.6 Å². The van der Waals surface area contributed by atoms with Crippen LogP contribution in [0.4, 0.5) is 11.4 Å². The molecule has 18 heavy (non-hydrogen) atoms. The number of para-hydroxylation sites is 1. The minimum Gasteiger partial charge on any atom is -0.396 e. The van der Waals surface area contributed by atoms with Gasteiger partial charge in [0.25, 0.3) is 0 Å². The van der Waals surface area contributed by atoms with Gasteiger partial charge in [0.2, 0.25) is 10.0 Å². The second kappa shape index (κ2) is 4.78. The number of benzene rings is 1. The Morgan fingerprint density at radius 3 is 2.39 bits per heavy atom. The maximum Gasteiger partial charge on any atom is 0.244 e. The van der Waals surface area contributed by atoms with Crippen LogP contribution in [-0.4, -0.2) is 39.9 Å². The quantitative estimate of drug-likeness (QED) is 0.835. The molecule has 2 rings (SSSR count). The lowest BCUT2D eigenvalue weighted by Crippen LogP contribution is -2.25. The number of hydrogen-bond acceptors (Lipinski definition) is 4. The summed E-state index contributed by atoms with van der Waals surface area (Å²) in [4.78, 5) is 2.33. The van der Waals surface area contributed by atoms with Gasteiger partial charge in [0, 0.05) is 27.2 Å². The number of nitrogens with two attached hydrogens (primary N) is 1. The Labute approximate surface area is 108 Å². The second-order valence-electron chi connectivity index (χ2n) is 4.67. The number of nitrogens with zero attached hydrogens (tertiary/aromatic N) is 2. The summed E-state index contributed by atoms with van der Waals surface area (Å²) in [6.07, 6.45) is 2.26. The molecule has 2 N–H and O–H groups in total. The minimum atomic E-state index is -3.48. The predicted octanol–water partition coefficient (Wildman–Crippen LogP) is 1.12. The molecule has 5 nitrogen and oxygen atoms in total. The van der Waals surface area contributed by atoms with Crippen molar-refractivity contribution in [3.8, 4) is 0 Å². The molecule has 1 aliphatic heterocycles.